The van der Waals surface area contributed by atoms with Gasteiger partial charge in [0.1, 0.15) is 0 Å². The summed E-state index contributed by atoms with van der Waals surface area (Å²) in [5.74, 6) is 0. The van der Waals surface area contributed by atoms with Gasteiger partial charge in [0.2, 0.25) is 0 Å². The fourth-order valence-corrected chi connectivity index (χ4v) is 2.43. The molecule has 3 aromatic rings. The molecule has 2 N–H and O–H groups in total. The molecule has 24 heavy (non-hydrogen) atoms. The number of halogens is 3. The number of nitrogens with one attached hydrogen (secondary N) is 2. The molecule has 0 spiro atoms. The lowest BCUT2D eigenvalue weighted by Gasteiger charge is -2.28. The first-order valence-electron chi connectivity index (χ1n) is 7.20. The van der Waals surface area contributed by atoms with E-state index in [4.69, 9.17) is 34.8 Å². The van der Waals surface area contributed by atoms with Gasteiger partial charge in [-0.25, -0.2) is 0 Å². The molecule has 3 aromatic carbocycles. The Morgan fingerprint density at radius 1 is 0.500 bits per heavy atom. The SMILES string of the molecule is Clc1ccc(NN(Nc2ccc(Cl)cc2)c2ccc(Cl)cc2)cc1. The van der Waals surface area contributed by atoms with E-state index in [9.17, 15) is 0 Å². The van der Waals surface area contributed by atoms with E-state index < -0.39 is 0 Å². The van der Waals surface area contributed by atoms with E-state index in [2.05, 4.69) is 10.9 Å². The van der Waals surface area contributed by atoms with Crippen LogP contribution in [0.2, 0.25) is 15.1 Å². The van der Waals surface area contributed by atoms with Gasteiger partial charge < -0.3 is 0 Å². The summed E-state index contributed by atoms with van der Waals surface area (Å²) in [7, 11) is 0. The number of hydrogen-bond acceptors (Lipinski definition) is 3. The molecule has 0 aliphatic heterocycles. The van der Waals surface area contributed by atoms with E-state index in [1.807, 2.05) is 72.8 Å². The van der Waals surface area contributed by atoms with Crippen LogP contribution in [0.4, 0.5) is 17.1 Å². The van der Waals surface area contributed by atoms with Crippen LogP contribution in [0.15, 0.2) is 72.8 Å². The molecule has 3 rings (SSSR count). The summed E-state index contributed by atoms with van der Waals surface area (Å²) in [6.07, 6.45) is 0. The van der Waals surface area contributed by atoms with Crippen LogP contribution in [0.3, 0.4) is 0 Å². The highest BCUT2D eigenvalue weighted by molar-refractivity contribution is 6.31. The predicted molar refractivity (Wildman–Crippen MR) is 104 cm³/mol. The van der Waals surface area contributed by atoms with Gasteiger partial charge in [-0.3, -0.25) is 10.9 Å². The lowest BCUT2D eigenvalue weighted by atomic mass is 10.3. The van der Waals surface area contributed by atoms with E-state index in [-0.39, 0.29) is 0 Å². The molecule has 0 saturated heterocycles. The van der Waals surface area contributed by atoms with Crippen molar-refractivity contribution in [3.8, 4) is 0 Å². The second-order valence-electron chi connectivity index (χ2n) is 5.05. The molecule has 3 nitrogen and oxygen atoms in total. The quantitative estimate of drug-likeness (QED) is 0.496. The summed E-state index contributed by atoms with van der Waals surface area (Å²) in [6.45, 7) is 0. The highest BCUT2D eigenvalue weighted by atomic mass is 35.5. The Hall–Kier alpha value is -2.07. The number of hydrogen-bond donors (Lipinski definition) is 2. The maximum absolute atomic E-state index is 5.98. The van der Waals surface area contributed by atoms with Crippen LogP contribution in [-0.2, 0) is 0 Å². The number of rotatable bonds is 5. The van der Waals surface area contributed by atoms with Crippen LogP contribution >= 0.6 is 34.8 Å². The van der Waals surface area contributed by atoms with Crippen molar-refractivity contribution in [2.75, 3.05) is 16.0 Å². The average molecular weight is 379 g/mol. The Morgan fingerprint density at radius 2 is 0.833 bits per heavy atom. The molecule has 0 amide bonds. The normalized spacial score (nSPS) is 10.3. The summed E-state index contributed by atoms with van der Waals surface area (Å²) in [5, 5.41) is 3.84. The lowest BCUT2D eigenvalue weighted by Crippen LogP contribution is -2.35. The minimum Gasteiger partial charge on any atom is -0.280 e. The van der Waals surface area contributed by atoms with E-state index in [1.165, 1.54) is 0 Å². The van der Waals surface area contributed by atoms with Gasteiger partial charge >= 0.3 is 0 Å². The van der Waals surface area contributed by atoms with Crippen molar-refractivity contribution in [2.24, 2.45) is 0 Å². The largest absolute Gasteiger partial charge is 0.280 e. The molecule has 122 valence electrons. The van der Waals surface area contributed by atoms with Crippen molar-refractivity contribution in [2.45, 2.75) is 0 Å². The fourth-order valence-electron chi connectivity index (χ4n) is 2.05. The summed E-state index contributed by atoms with van der Waals surface area (Å²) in [4.78, 5) is 0. The van der Waals surface area contributed by atoms with Crippen LogP contribution in [0.25, 0.3) is 0 Å². The maximum Gasteiger partial charge on any atom is 0.0812 e. The van der Waals surface area contributed by atoms with Crippen molar-refractivity contribution in [1.29, 1.82) is 0 Å². The standard InChI is InChI=1S/C18H14Cl3N3/c19-13-1-7-16(8-2-13)22-24(18-11-5-15(21)6-12-18)23-17-9-3-14(20)4-10-17/h1-12,22-23H. The highest BCUT2D eigenvalue weighted by Crippen LogP contribution is 2.22. The molecule has 0 unspecified atom stereocenters. The van der Waals surface area contributed by atoms with Crippen molar-refractivity contribution < 1.29 is 0 Å². The zero-order valence-electron chi connectivity index (χ0n) is 12.5. The van der Waals surface area contributed by atoms with Gasteiger partial charge in [-0.05, 0) is 72.8 Å². The smallest absolute Gasteiger partial charge is 0.0812 e. The van der Waals surface area contributed by atoms with E-state index in [0.717, 1.165) is 17.1 Å². The summed E-state index contributed by atoms with van der Waals surface area (Å²) in [6, 6.07) is 22.4. The van der Waals surface area contributed by atoms with Crippen LogP contribution in [-0.4, -0.2) is 0 Å². The van der Waals surface area contributed by atoms with Crippen LogP contribution in [0.1, 0.15) is 0 Å². The van der Waals surface area contributed by atoms with Crippen LogP contribution < -0.4 is 16.0 Å². The van der Waals surface area contributed by atoms with Crippen molar-refractivity contribution >= 4 is 51.9 Å². The molecule has 0 atom stereocenters. The Balaban J connectivity index is 1.86. The van der Waals surface area contributed by atoms with Crippen LogP contribution in [0, 0.1) is 0 Å². The van der Waals surface area contributed by atoms with E-state index in [1.54, 1.807) is 5.12 Å². The third-order valence-corrected chi connectivity index (χ3v) is 4.01. The molecule has 0 bridgehead atoms. The molecule has 6 heteroatoms. The molecular formula is C18H14Cl3N3. The lowest BCUT2D eigenvalue weighted by molar-refractivity contribution is 1.06. The van der Waals surface area contributed by atoms with Gasteiger partial charge in [-0.15, -0.1) is 0 Å². The maximum atomic E-state index is 5.98. The Labute approximate surface area is 155 Å². The summed E-state index contributed by atoms with van der Waals surface area (Å²) >= 11 is 17.9. The van der Waals surface area contributed by atoms with Crippen LogP contribution in [0.5, 0.6) is 0 Å². The number of hydrazine groups is 2. The Morgan fingerprint density at radius 3 is 1.21 bits per heavy atom. The zero-order chi connectivity index (χ0) is 16.9. The van der Waals surface area contributed by atoms with Gasteiger partial charge in [0, 0.05) is 15.1 Å². The molecular weight excluding hydrogens is 365 g/mol. The number of benzene rings is 3. The fraction of sp³-hybridized carbons (Fsp3) is 0. The van der Waals surface area contributed by atoms with Crippen molar-refractivity contribution in [3.63, 3.8) is 0 Å². The molecule has 0 aliphatic rings. The monoisotopic (exact) mass is 377 g/mol. The van der Waals surface area contributed by atoms with E-state index in [0.29, 0.717) is 15.1 Å². The second kappa shape index (κ2) is 7.67. The van der Waals surface area contributed by atoms with Gasteiger partial charge in [0.05, 0.1) is 17.1 Å². The van der Waals surface area contributed by atoms with Gasteiger partial charge in [0.15, 0.2) is 0 Å². The highest BCUT2D eigenvalue weighted by Gasteiger charge is 2.07. The average Bonchev–Trinajstić information content (AvgIpc) is 2.59. The first-order valence-corrected chi connectivity index (χ1v) is 8.34. The molecule has 0 saturated carbocycles. The Bertz CT molecular complexity index is 740. The van der Waals surface area contributed by atoms with Gasteiger partial charge in [-0.2, -0.15) is 5.12 Å². The topological polar surface area (TPSA) is 27.3 Å². The number of anilines is 3. The molecule has 0 heterocycles. The van der Waals surface area contributed by atoms with Crippen molar-refractivity contribution in [3.05, 3.63) is 87.9 Å². The molecule has 0 fully saturated rings. The summed E-state index contributed by atoms with van der Waals surface area (Å²) < 4.78 is 0. The molecule has 0 aromatic heterocycles. The molecule has 0 aliphatic carbocycles. The third-order valence-electron chi connectivity index (χ3n) is 3.26. The predicted octanol–water partition coefficient (Wildman–Crippen LogP) is 6.51. The number of nitrogens with zero attached hydrogens (tertiary/aromatic N) is 1. The van der Waals surface area contributed by atoms with Gasteiger partial charge in [0.25, 0.3) is 0 Å². The molecule has 0 radical (unpaired) electrons. The van der Waals surface area contributed by atoms with E-state index >= 15 is 0 Å². The first-order chi connectivity index (χ1) is 11.6. The minimum atomic E-state index is 0.677. The van der Waals surface area contributed by atoms with Crippen molar-refractivity contribution in [1.82, 2.24) is 0 Å². The van der Waals surface area contributed by atoms with Gasteiger partial charge in [-0.1, -0.05) is 34.8 Å². The Kier molecular flexibility index (Phi) is 5.36. The second-order valence-corrected chi connectivity index (χ2v) is 6.36. The minimum absolute atomic E-state index is 0.677. The first kappa shape index (κ1) is 16.8. The zero-order valence-corrected chi connectivity index (χ0v) is 14.8. The summed E-state index contributed by atoms with van der Waals surface area (Å²) in [5.41, 5.74) is 9.25. The third kappa shape index (κ3) is 4.48.